The Bertz CT molecular complexity index is 1170. The topological polar surface area (TPSA) is 96.8 Å². The van der Waals surface area contributed by atoms with E-state index < -0.39 is 11.4 Å². The average Bonchev–Trinajstić information content (AvgIpc) is 2.86. The van der Waals surface area contributed by atoms with Crippen LogP contribution in [0.25, 0.3) is 0 Å². The van der Waals surface area contributed by atoms with E-state index in [9.17, 15) is 9.90 Å². The van der Waals surface area contributed by atoms with E-state index in [0.717, 1.165) is 42.4 Å². The maximum Gasteiger partial charge on any atom is 0.313 e. The lowest BCUT2D eigenvalue weighted by Gasteiger charge is -2.33. The van der Waals surface area contributed by atoms with Crippen LogP contribution in [-0.4, -0.2) is 46.8 Å². The zero-order valence-electron chi connectivity index (χ0n) is 20.4. The van der Waals surface area contributed by atoms with Gasteiger partial charge in [0, 0.05) is 12.2 Å². The number of piperidine rings is 1. The highest BCUT2D eigenvalue weighted by Gasteiger charge is 2.29. The summed E-state index contributed by atoms with van der Waals surface area (Å²) in [6.45, 7) is 7.49. The number of ether oxygens (including phenoxy) is 2. The molecule has 2 aromatic carbocycles. The molecule has 0 unspecified atom stereocenters. The van der Waals surface area contributed by atoms with Gasteiger partial charge in [-0.2, -0.15) is 0 Å². The Morgan fingerprint density at radius 1 is 1.17 bits per heavy atom. The molecule has 1 aromatic heterocycles. The van der Waals surface area contributed by atoms with Crippen LogP contribution in [-0.2, 0) is 10.2 Å². The summed E-state index contributed by atoms with van der Waals surface area (Å²) >= 11 is 0. The molecule has 0 aliphatic carbocycles. The summed E-state index contributed by atoms with van der Waals surface area (Å²) in [6, 6.07) is 15.1. The molecule has 1 fully saturated rings. The Labute approximate surface area is 205 Å². The lowest BCUT2D eigenvalue weighted by molar-refractivity contribution is -0.142. The van der Waals surface area contributed by atoms with Crippen LogP contribution in [0.15, 0.2) is 60.9 Å². The Morgan fingerprint density at radius 2 is 1.97 bits per heavy atom. The van der Waals surface area contributed by atoms with Crippen molar-refractivity contribution >= 4 is 23.3 Å². The number of anilines is 3. The van der Waals surface area contributed by atoms with Gasteiger partial charge in [0.2, 0.25) is 0 Å². The summed E-state index contributed by atoms with van der Waals surface area (Å²) in [5, 5.41) is 12.8. The number of hydrogen-bond acceptors (Lipinski definition) is 7. The molecule has 0 spiro atoms. The first-order chi connectivity index (χ1) is 16.9. The molecule has 8 nitrogen and oxygen atoms in total. The average molecular weight is 477 g/mol. The van der Waals surface area contributed by atoms with Gasteiger partial charge in [-0.05, 0) is 63.4 Å². The highest BCUT2D eigenvalue weighted by atomic mass is 16.5. The summed E-state index contributed by atoms with van der Waals surface area (Å²) in [6.07, 6.45) is 5.36. The molecule has 0 saturated carbocycles. The fourth-order valence-electron chi connectivity index (χ4n) is 4.07. The van der Waals surface area contributed by atoms with Crippen molar-refractivity contribution < 1.29 is 19.4 Å². The normalized spacial score (nSPS) is 16.0. The number of aromatic nitrogens is 2. The minimum Gasteiger partial charge on any atom is -0.490 e. The van der Waals surface area contributed by atoms with Gasteiger partial charge in [-0.25, -0.2) is 4.98 Å². The third kappa shape index (κ3) is 5.82. The predicted octanol–water partition coefficient (Wildman–Crippen LogP) is 5.03. The third-order valence-corrected chi connectivity index (χ3v) is 6.16. The van der Waals surface area contributed by atoms with E-state index in [1.54, 1.807) is 26.2 Å². The Morgan fingerprint density at radius 3 is 2.74 bits per heavy atom. The summed E-state index contributed by atoms with van der Waals surface area (Å²) < 4.78 is 12.0. The number of hydrogen-bond donors (Lipinski definition) is 2. The Kier molecular flexibility index (Phi) is 7.39. The van der Waals surface area contributed by atoms with Gasteiger partial charge in [-0.3, -0.25) is 9.78 Å². The first-order valence-electron chi connectivity index (χ1n) is 11.9. The standard InChI is InChI=1S/C27H32N4O4/c1-4-34-22-12-5-6-13-23(22)35-21-11-8-14-31(18-21)25-17-28-16-24(30-25)29-20-10-7-9-19(15-20)27(2,3)26(32)33/h5-7,9-10,12-13,15-17,21H,4,8,11,14,18H2,1-3H3,(H,29,30)(H,32,33)/t21-/m1/s1. The molecule has 4 rings (SSSR count). The number of para-hydroxylation sites is 2. The third-order valence-electron chi connectivity index (χ3n) is 6.16. The largest absolute Gasteiger partial charge is 0.490 e. The summed E-state index contributed by atoms with van der Waals surface area (Å²) in [5.74, 6) is 2.00. The van der Waals surface area contributed by atoms with Gasteiger partial charge in [0.15, 0.2) is 17.3 Å². The lowest BCUT2D eigenvalue weighted by atomic mass is 9.84. The van der Waals surface area contributed by atoms with Gasteiger partial charge in [0.05, 0.1) is 31.0 Å². The second-order valence-electron chi connectivity index (χ2n) is 9.11. The SMILES string of the molecule is CCOc1ccccc1O[C@@H]1CCCN(c2cncc(Nc3cccc(C(C)(C)C(=O)O)c3)n2)C1. The fourth-order valence-corrected chi connectivity index (χ4v) is 4.07. The van der Waals surface area contributed by atoms with Crippen molar-refractivity contribution in [3.63, 3.8) is 0 Å². The minimum atomic E-state index is -0.991. The van der Waals surface area contributed by atoms with E-state index in [1.165, 1.54) is 0 Å². The second kappa shape index (κ2) is 10.6. The first kappa shape index (κ1) is 24.3. The molecule has 1 atom stereocenters. The van der Waals surface area contributed by atoms with Gasteiger partial charge in [0.25, 0.3) is 0 Å². The molecule has 2 heterocycles. The maximum absolute atomic E-state index is 11.6. The Balaban J connectivity index is 1.46. The van der Waals surface area contributed by atoms with E-state index in [2.05, 4.69) is 15.2 Å². The molecule has 1 aliphatic heterocycles. The van der Waals surface area contributed by atoms with Crippen molar-refractivity contribution in [3.8, 4) is 11.5 Å². The van der Waals surface area contributed by atoms with Crippen LogP contribution in [0.4, 0.5) is 17.3 Å². The van der Waals surface area contributed by atoms with E-state index in [-0.39, 0.29) is 6.10 Å². The summed E-state index contributed by atoms with van der Waals surface area (Å²) in [5.41, 5.74) is 0.479. The molecule has 0 radical (unpaired) electrons. The molecular weight excluding hydrogens is 444 g/mol. The highest BCUT2D eigenvalue weighted by molar-refractivity contribution is 5.81. The van der Waals surface area contributed by atoms with Crippen molar-refractivity contribution in [2.45, 2.75) is 45.1 Å². The van der Waals surface area contributed by atoms with Crippen molar-refractivity contribution in [3.05, 3.63) is 66.5 Å². The van der Waals surface area contributed by atoms with E-state index >= 15 is 0 Å². The minimum absolute atomic E-state index is 0.0127. The molecule has 1 aliphatic rings. The number of nitrogens with one attached hydrogen (secondary N) is 1. The van der Waals surface area contributed by atoms with Crippen molar-refractivity contribution in [2.24, 2.45) is 0 Å². The quantitative estimate of drug-likeness (QED) is 0.444. The molecule has 0 bridgehead atoms. The molecule has 1 saturated heterocycles. The molecule has 35 heavy (non-hydrogen) atoms. The fraction of sp³-hybridized carbons (Fsp3) is 0.370. The number of aliphatic carboxylic acids is 1. The monoisotopic (exact) mass is 476 g/mol. The van der Waals surface area contributed by atoms with Crippen LogP contribution in [0, 0.1) is 0 Å². The van der Waals surface area contributed by atoms with Gasteiger partial charge in [0.1, 0.15) is 11.9 Å². The zero-order chi connectivity index (χ0) is 24.8. The van der Waals surface area contributed by atoms with Crippen LogP contribution in [0.1, 0.15) is 39.2 Å². The van der Waals surface area contributed by atoms with Crippen LogP contribution in [0.2, 0.25) is 0 Å². The van der Waals surface area contributed by atoms with Crippen LogP contribution in [0.5, 0.6) is 11.5 Å². The number of carbonyl (C=O) groups is 1. The van der Waals surface area contributed by atoms with Gasteiger partial charge in [-0.1, -0.05) is 24.3 Å². The summed E-state index contributed by atoms with van der Waals surface area (Å²) in [4.78, 5) is 23.0. The molecule has 3 aromatic rings. The van der Waals surface area contributed by atoms with E-state index in [1.807, 2.05) is 55.5 Å². The van der Waals surface area contributed by atoms with Crippen molar-refractivity contribution in [1.82, 2.24) is 9.97 Å². The smallest absolute Gasteiger partial charge is 0.313 e. The zero-order valence-corrected chi connectivity index (χ0v) is 20.4. The summed E-state index contributed by atoms with van der Waals surface area (Å²) in [7, 11) is 0. The number of rotatable bonds is 9. The molecule has 8 heteroatoms. The highest BCUT2D eigenvalue weighted by Crippen LogP contribution is 2.30. The first-order valence-corrected chi connectivity index (χ1v) is 11.9. The number of carboxylic acid groups (broad SMARTS) is 1. The van der Waals surface area contributed by atoms with E-state index in [0.29, 0.717) is 24.5 Å². The van der Waals surface area contributed by atoms with E-state index in [4.69, 9.17) is 14.5 Å². The number of carboxylic acids is 1. The predicted molar refractivity (Wildman–Crippen MR) is 136 cm³/mol. The van der Waals surface area contributed by atoms with Crippen molar-refractivity contribution in [1.29, 1.82) is 0 Å². The molecule has 184 valence electrons. The van der Waals surface area contributed by atoms with Gasteiger partial charge >= 0.3 is 5.97 Å². The van der Waals surface area contributed by atoms with Gasteiger partial charge in [-0.15, -0.1) is 0 Å². The molecule has 2 N–H and O–H groups in total. The number of benzene rings is 2. The Hall–Kier alpha value is -3.81. The molecule has 0 amide bonds. The van der Waals surface area contributed by atoms with Crippen molar-refractivity contribution in [2.75, 3.05) is 29.9 Å². The van der Waals surface area contributed by atoms with Crippen LogP contribution in [0.3, 0.4) is 0 Å². The lowest BCUT2D eigenvalue weighted by Crippen LogP contribution is -2.41. The van der Waals surface area contributed by atoms with Crippen LogP contribution >= 0.6 is 0 Å². The molecular formula is C27H32N4O4. The second-order valence-corrected chi connectivity index (χ2v) is 9.11. The number of nitrogens with zero attached hydrogens (tertiary/aromatic N) is 3. The maximum atomic E-state index is 11.6. The van der Waals surface area contributed by atoms with Crippen LogP contribution < -0.4 is 19.7 Å². The van der Waals surface area contributed by atoms with Gasteiger partial charge < -0.3 is 24.8 Å².